The molecule has 4 saturated heterocycles. The first-order valence-electron chi connectivity index (χ1n) is 10.4. The van der Waals surface area contributed by atoms with Gasteiger partial charge in [0, 0.05) is 24.5 Å². The van der Waals surface area contributed by atoms with E-state index in [9.17, 15) is 0 Å². The third kappa shape index (κ3) is 2.27. The van der Waals surface area contributed by atoms with Gasteiger partial charge in [-0.25, -0.2) is 4.98 Å². The van der Waals surface area contributed by atoms with Crippen molar-refractivity contribution >= 4 is 16.9 Å². The van der Waals surface area contributed by atoms with Crippen molar-refractivity contribution in [3.63, 3.8) is 0 Å². The van der Waals surface area contributed by atoms with Crippen molar-refractivity contribution in [1.82, 2.24) is 20.0 Å². The van der Waals surface area contributed by atoms with Crippen LogP contribution in [0.1, 0.15) is 35.8 Å². The largest absolute Gasteiger partial charge is 0.350 e. The molecule has 7 rings (SSSR count). The number of rotatable bonds is 2. The summed E-state index contributed by atoms with van der Waals surface area (Å²) in [5, 5.41) is 5.16. The Balaban J connectivity index is 1.52. The molecule has 4 aliphatic heterocycles. The van der Waals surface area contributed by atoms with E-state index < -0.39 is 0 Å². The van der Waals surface area contributed by atoms with Crippen LogP contribution in [-0.2, 0) is 0 Å². The fourth-order valence-corrected chi connectivity index (χ4v) is 5.94. The van der Waals surface area contributed by atoms with Crippen LogP contribution in [0.15, 0.2) is 34.9 Å². The maximum atomic E-state index is 5.50. The molecular formula is C22H25N5O. The highest BCUT2D eigenvalue weighted by Gasteiger charge is 2.54. The smallest absolute Gasteiger partial charge is 0.263 e. The first kappa shape index (κ1) is 16.5. The van der Waals surface area contributed by atoms with Crippen LogP contribution in [0.5, 0.6) is 0 Å². The number of aryl methyl sites for hydroxylation is 2. The SMILES string of the molecule is Cc1nc(N2C[C@H](c3ccccc3)[C@@H]3[C@H]2C2CCN3CC2)c2c(C)noc2n1. The first-order chi connectivity index (χ1) is 13.7. The third-order valence-corrected chi connectivity index (χ3v) is 7.09. The van der Waals surface area contributed by atoms with Gasteiger partial charge in [-0.3, -0.25) is 4.90 Å². The van der Waals surface area contributed by atoms with Crippen LogP contribution in [0.25, 0.3) is 11.1 Å². The number of anilines is 1. The maximum Gasteiger partial charge on any atom is 0.263 e. The summed E-state index contributed by atoms with van der Waals surface area (Å²) < 4.78 is 5.50. The number of aromatic nitrogens is 3. The molecule has 1 aromatic carbocycles. The number of fused-ring (bicyclic) bond motifs is 3. The van der Waals surface area contributed by atoms with E-state index in [0.29, 0.717) is 23.7 Å². The minimum absolute atomic E-state index is 0.500. The lowest BCUT2D eigenvalue weighted by molar-refractivity contribution is 0.0355. The number of piperidine rings is 3. The van der Waals surface area contributed by atoms with Crippen LogP contribution in [-0.4, -0.2) is 51.7 Å². The molecule has 0 spiro atoms. The molecule has 0 N–H and O–H groups in total. The summed E-state index contributed by atoms with van der Waals surface area (Å²) in [6.07, 6.45) is 2.57. The predicted molar refractivity (Wildman–Crippen MR) is 107 cm³/mol. The monoisotopic (exact) mass is 375 g/mol. The summed E-state index contributed by atoms with van der Waals surface area (Å²) in [6.45, 7) is 7.38. The molecule has 4 aliphatic rings. The van der Waals surface area contributed by atoms with Crippen LogP contribution < -0.4 is 4.90 Å². The number of hydrogen-bond acceptors (Lipinski definition) is 6. The zero-order valence-electron chi connectivity index (χ0n) is 16.4. The molecule has 0 amide bonds. The lowest BCUT2D eigenvalue weighted by atomic mass is 9.75. The van der Waals surface area contributed by atoms with E-state index in [1.807, 2.05) is 13.8 Å². The van der Waals surface area contributed by atoms with E-state index in [1.165, 1.54) is 31.5 Å². The van der Waals surface area contributed by atoms with Crippen molar-refractivity contribution in [2.75, 3.05) is 24.5 Å². The Morgan fingerprint density at radius 3 is 2.57 bits per heavy atom. The van der Waals surface area contributed by atoms with Gasteiger partial charge in [-0.2, -0.15) is 4.98 Å². The first-order valence-corrected chi connectivity index (χ1v) is 10.4. The fraction of sp³-hybridized carbons (Fsp3) is 0.500. The highest BCUT2D eigenvalue weighted by molar-refractivity contribution is 5.88. The molecule has 144 valence electrons. The van der Waals surface area contributed by atoms with Gasteiger partial charge >= 0.3 is 0 Å². The molecule has 0 unspecified atom stereocenters. The molecule has 2 bridgehead atoms. The Kier molecular flexibility index (Phi) is 3.54. The second-order valence-electron chi connectivity index (χ2n) is 8.57. The lowest BCUT2D eigenvalue weighted by Crippen LogP contribution is -2.60. The summed E-state index contributed by atoms with van der Waals surface area (Å²) in [6, 6.07) is 12.1. The van der Waals surface area contributed by atoms with Crippen LogP contribution in [0, 0.1) is 19.8 Å². The van der Waals surface area contributed by atoms with Crippen molar-refractivity contribution in [2.45, 2.75) is 44.7 Å². The summed E-state index contributed by atoms with van der Waals surface area (Å²) in [7, 11) is 0. The van der Waals surface area contributed by atoms with Gasteiger partial charge in [0.15, 0.2) is 0 Å². The molecule has 0 aliphatic carbocycles. The summed E-state index contributed by atoms with van der Waals surface area (Å²) >= 11 is 0. The van der Waals surface area contributed by atoms with Gasteiger partial charge in [0.1, 0.15) is 17.0 Å². The molecule has 6 heteroatoms. The van der Waals surface area contributed by atoms with Crippen molar-refractivity contribution in [2.24, 2.45) is 5.92 Å². The third-order valence-electron chi connectivity index (χ3n) is 7.09. The van der Waals surface area contributed by atoms with Crippen LogP contribution in [0.2, 0.25) is 0 Å². The van der Waals surface area contributed by atoms with Crippen LogP contribution >= 0.6 is 0 Å². The highest BCUT2D eigenvalue weighted by Crippen LogP contribution is 2.48. The quantitative estimate of drug-likeness (QED) is 0.685. The van der Waals surface area contributed by atoms with Crippen LogP contribution in [0.4, 0.5) is 5.82 Å². The molecule has 28 heavy (non-hydrogen) atoms. The van der Waals surface area contributed by atoms with E-state index in [0.717, 1.165) is 35.2 Å². The molecule has 6 nitrogen and oxygen atoms in total. The van der Waals surface area contributed by atoms with Gasteiger partial charge in [0.2, 0.25) is 0 Å². The van der Waals surface area contributed by atoms with Gasteiger partial charge in [-0.15, -0.1) is 0 Å². The summed E-state index contributed by atoms with van der Waals surface area (Å²) in [4.78, 5) is 14.7. The molecule has 3 aromatic rings. The van der Waals surface area contributed by atoms with Gasteiger partial charge in [-0.05, 0) is 51.3 Å². The van der Waals surface area contributed by atoms with E-state index in [1.54, 1.807) is 0 Å². The Hall–Kier alpha value is -2.47. The second kappa shape index (κ2) is 6.01. The number of benzene rings is 1. The van der Waals surface area contributed by atoms with E-state index in [4.69, 9.17) is 9.51 Å². The van der Waals surface area contributed by atoms with E-state index in [2.05, 4.69) is 50.3 Å². The van der Waals surface area contributed by atoms with Gasteiger partial charge < -0.3 is 9.42 Å². The molecule has 0 saturated carbocycles. The van der Waals surface area contributed by atoms with Gasteiger partial charge in [0.25, 0.3) is 5.71 Å². The normalized spacial score (nSPS) is 31.5. The zero-order valence-corrected chi connectivity index (χ0v) is 16.4. The molecule has 6 heterocycles. The van der Waals surface area contributed by atoms with Gasteiger partial charge in [0.05, 0.1) is 5.69 Å². The number of hydrogen-bond donors (Lipinski definition) is 0. The minimum Gasteiger partial charge on any atom is -0.350 e. The summed E-state index contributed by atoms with van der Waals surface area (Å²) in [5.41, 5.74) is 2.93. The topological polar surface area (TPSA) is 58.3 Å². The standard InChI is InChI=1S/C22H25N5O/c1-13-18-21(23-14(2)24-22(18)28-25-13)27-12-17(15-6-4-3-5-7-15)20-19(27)16-8-10-26(20)11-9-16/h3-7,16-17,19-20H,8-12H2,1-2H3/t17-,19-,20-/m1/s1. The molecule has 0 radical (unpaired) electrons. The molecule has 2 aromatic heterocycles. The Morgan fingerprint density at radius 1 is 1.00 bits per heavy atom. The fourth-order valence-electron chi connectivity index (χ4n) is 5.94. The minimum atomic E-state index is 0.500. The van der Waals surface area contributed by atoms with Crippen molar-refractivity contribution < 1.29 is 4.52 Å². The zero-order chi connectivity index (χ0) is 18.8. The number of nitrogens with zero attached hydrogens (tertiary/aromatic N) is 5. The Bertz CT molecular complexity index is 1020. The van der Waals surface area contributed by atoms with Crippen LogP contribution in [0.3, 0.4) is 0 Å². The Labute approximate surface area is 164 Å². The Morgan fingerprint density at radius 2 is 1.79 bits per heavy atom. The molecular weight excluding hydrogens is 350 g/mol. The molecule has 3 atom stereocenters. The van der Waals surface area contributed by atoms with E-state index in [-0.39, 0.29) is 0 Å². The van der Waals surface area contributed by atoms with Crippen molar-refractivity contribution in [3.8, 4) is 0 Å². The van der Waals surface area contributed by atoms with Gasteiger partial charge in [-0.1, -0.05) is 35.5 Å². The van der Waals surface area contributed by atoms with Crippen molar-refractivity contribution in [3.05, 3.63) is 47.4 Å². The van der Waals surface area contributed by atoms with Crippen molar-refractivity contribution in [1.29, 1.82) is 0 Å². The molecule has 4 fully saturated rings. The highest BCUT2D eigenvalue weighted by atomic mass is 16.5. The maximum absolute atomic E-state index is 5.50. The predicted octanol–water partition coefficient (Wildman–Crippen LogP) is 3.30. The average Bonchev–Trinajstić information content (AvgIpc) is 3.32. The van der Waals surface area contributed by atoms with E-state index >= 15 is 0 Å². The second-order valence-corrected chi connectivity index (χ2v) is 8.57. The summed E-state index contributed by atoms with van der Waals surface area (Å²) in [5.74, 6) is 3.00. The lowest BCUT2D eigenvalue weighted by Gasteiger charge is -2.51. The average molecular weight is 375 g/mol.